The number of benzene rings is 1. The van der Waals surface area contributed by atoms with Gasteiger partial charge < -0.3 is 4.57 Å². The topological polar surface area (TPSA) is 65.6 Å². The second-order valence-electron chi connectivity index (χ2n) is 5.59. The Bertz CT molecular complexity index is 900. The number of rotatable bonds is 6. The predicted molar refractivity (Wildman–Crippen MR) is 98.8 cm³/mol. The third-order valence-corrected chi connectivity index (χ3v) is 5.21. The van der Waals surface area contributed by atoms with E-state index in [-0.39, 0.29) is 11.5 Å². The van der Waals surface area contributed by atoms with Crippen molar-refractivity contribution < 1.29 is 4.79 Å². The quantitative estimate of drug-likeness (QED) is 0.485. The van der Waals surface area contributed by atoms with E-state index in [0.29, 0.717) is 10.2 Å². The molecule has 0 saturated heterocycles. The Morgan fingerprint density at radius 3 is 2.60 bits per heavy atom. The van der Waals surface area contributed by atoms with Gasteiger partial charge in [0.25, 0.3) is 0 Å². The van der Waals surface area contributed by atoms with Crippen LogP contribution in [0.15, 0.2) is 35.5 Å². The van der Waals surface area contributed by atoms with Crippen LogP contribution in [-0.2, 0) is 6.54 Å². The minimum atomic E-state index is 0.0726. The number of aryl methyl sites for hydroxylation is 1. The number of ketones is 1. The average Bonchev–Trinajstić information content (AvgIpc) is 3.17. The summed E-state index contributed by atoms with van der Waals surface area (Å²) in [4.78, 5) is 12.6. The van der Waals surface area contributed by atoms with E-state index in [1.54, 1.807) is 16.8 Å². The van der Waals surface area contributed by atoms with Crippen LogP contribution in [0.25, 0.3) is 5.69 Å². The summed E-state index contributed by atoms with van der Waals surface area (Å²) in [5.41, 5.74) is 3.66. The van der Waals surface area contributed by atoms with Gasteiger partial charge in [-0.05, 0) is 61.5 Å². The summed E-state index contributed by atoms with van der Waals surface area (Å²) in [6, 6.07) is 9.17. The minimum Gasteiger partial charge on any atom is -0.349 e. The number of nitrogens with zero attached hydrogens (tertiary/aromatic N) is 5. The predicted octanol–water partition coefficient (Wildman–Crippen LogP) is 3.73. The Morgan fingerprint density at radius 1 is 1.24 bits per heavy atom. The molecule has 0 radical (unpaired) electrons. The molecule has 0 atom stereocenters. The smallest absolute Gasteiger partial charge is 0.214 e. The lowest BCUT2D eigenvalue weighted by Crippen LogP contribution is -2.07. The molecule has 8 heteroatoms. The number of hydrogen-bond donors (Lipinski definition) is 0. The van der Waals surface area contributed by atoms with Crippen molar-refractivity contribution in [2.75, 3.05) is 5.75 Å². The fraction of sp³-hybridized carbons (Fsp3) is 0.294. The monoisotopic (exact) mass is 375 g/mol. The van der Waals surface area contributed by atoms with Crippen molar-refractivity contribution in [3.05, 3.63) is 52.3 Å². The first kappa shape index (κ1) is 17.7. The summed E-state index contributed by atoms with van der Waals surface area (Å²) in [6.07, 6.45) is 0. The number of thioether (sulfide) groups is 1. The SMILES string of the molecule is CCn1c(C)cc(C(=O)CSc2nnnn2-c2ccc(Cl)cc2)c1C. The lowest BCUT2D eigenvalue weighted by molar-refractivity contribution is 0.102. The fourth-order valence-corrected chi connectivity index (χ4v) is 3.69. The van der Waals surface area contributed by atoms with Crippen molar-refractivity contribution in [2.24, 2.45) is 0 Å². The zero-order valence-corrected chi connectivity index (χ0v) is 15.8. The molecule has 6 nitrogen and oxygen atoms in total. The Labute approximate surface area is 155 Å². The molecule has 0 amide bonds. The number of carbonyl (C=O) groups excluding carboxylic acids is 1. The maximum Gasteiger partial charge on any atom is 0.214 e. The Hall–Kier alpha value is -2.12. The van der Waals surface area contributed by atoms with Crippen molar-refractivity contribution in [3.8, 4) is 5.69 Å². The summed E-state index contributed by atoms with van der Waals surface area (Å²) in [5, 5.41) is 12.9. The van der Waals surface area contributed by atoms with Crippen LogP contribution < -0.4 is 0 Å². The van der Waals surface area contributed by atoms with Gasteiger partial charge >= 0.3 is 0 Å². The van der Waals surface area contributed by atoms with Gasteiger partial charge in [-0.25, -0.2) is 0 Å². The van der Waals surface area contributed by atoms with Gasteiger partial charge in [0.05, 0.1) is 11.4 Å². The first-order chi connectivity index (χ1) is 12.0. The van der Waals surface area contributed by atoms with Crippen LogP contribution in [-0.4, -0.2) is 36.3 Å². The molecule has 0 unspecified atom stereocenters. The number of Topliss-reactive ketones (excluding diaryl/α,β-unsaturated/α-hetero) is 1. The van der Waals surface area contributed by atoms with E-state index in [1.807, 2.05) is 32.0 Å². The molecule has 2 heterocycles. The molecule has 0 N–H and O–H groups in total. The third-order valence-electron chi connectivity index (χ3n) is 4.03. The molecule has 0 bridgehead atoms. The van der Waals surface area contributed by atoms with Crippen LogP contribution in [0.4, 0.5) is 0 Å². The van der Waals surface area contributed by atoms with Gasteiger partial charge in [-0.3, -0.25) is 4.79 Å². The van der Waals surface area contributed by atoms with Crippen LogP contribution in [0.3, 0.4) is 0 Å². The molecule has 2 aromatic heterocycles. The lowest BCUT2D eigenvalue weighted by atomic mass is 10.2. The van der Waals surface area contributed by atoms with E-state index in [1.165, 1.54) is 11.8 Å². The summed E-state index contributed by atoms with van der Waals surface area (Å²) >= 11 is 7.23. The van der Waals surface area contributed by atoms with E-state index in [4.69, 9.17) is 11.6 Å². The largest absolute Gasteiger partial charge is 0.349 e. The van der Waals surface area contributed by atoms with Gasteiger partial charge in [-0.1, -0.05) is 23.4 Å². The van der Waals surface area contributed by atoms with Crippen LogP contribution in [0.1, 0.15) is 28.7 Å². The average molecular weight is 376 g/mol. The molecule has 0 aliphatic rings. The lowest BCUT2D eigenvalue weighted by Gasteiger charge is -2.06. The van der Waals surface area contributed by atoms with Gasteiger partial charge in [0, 0.05) is 28.5 Å². The van der Waals surface area contributed by atoms with E-state index in [2.05, 4.69) is 27.0 Å². The standard InChI is InChI=1S/C17H18ClN5OS/c1-4-22-11(2)9-15(12(22)3)16(24)10-25-17-19-20-21-23(17)14-7-5-13(18)6-8-14/h5-9H,4,10H2,1-3H3. The summed E-state index contributed by atoms with van der Waals surface area (Å²) in [6.45, 7) is 6.92. The maximum absolute atomic E-state index is 12.6. The molecule has 0 aliphatic heterocycles. The number of aromatic nitrogens is 5. The highest BCUT2D eigenvalue weighted by Crippen LogP contribution is 2.22. The number of carbonyl (C=O) groups is 1. The van der Waals surface area contributed by atoms with Crippen molar-refractivity contribution in [1.82, 2.24) is 24.8 Å². The summed E-state index contributed by atoms with van der Waals surface area (Å²) in [7, 11) is 0. The molecular formula is C17H18ClN5OS. The Kier molecular flexibility index (Phi) is 5.24. The molecule has 0 spiro atoms. The molecule has 0 aliphatic carbocycles. The van der Waals surface area contributed by atoms with Crippen molar-refractivity contribution in [1.29, 1.82) is 0 Å². The molecule has 130 valence electrons. The van der Waals surface area contributed by atoms with Gasteiger partial charge in [0.1, 0.15) is 0 Å². The maximum atomic E-state index is 12.6. The van der Waals surface area contributed by atoms with Gasteiger partial charge in [0.2, 0.25) is 5.16 Å². The normalized spacial score (nSPS) is 11.0. The van der Waals surface area contributed by atoms with Gasteiger partial charge in [-0.2, -0.15) is 4.68 Å². The second kappa shape index (κ2) is 7.41. The Balaban J connectivity index is 1.76. The summed E-state index contributed by atoms with van der Waals surface area (Å²) in [5.74, 6) is 0.352. The van der Waals surface area contributed by atoms with E-state index >= 15 is 0 Å². The van der Waals surface area contributed by atoms with Crippen molar-refractivity contribution in [2.45, 2.75) is 32.5 Å². The van der Waals surface area contributed by atoms with Gasteiger partial charge in [0.15, 0.2) is 5.78 Å². The highest BCUT2D eigenvalue weighted by Gasteiger charge is 2.17. The summed E-state index contributed by atoms with van der Waals surface area (Å²) < 4.78 is 3.74. The molecule has 3 rings (SSSR count). The van der Waals surface area contributed by atoms with Crippen LogP contribution >= 0.6 is 23.4 Å². The van der Waals surface area contributed by atoms with Crippen molar-refractivity contribution in [3.63, 3.8) is 0 Å². The van der Waals surface area contributed by atoms with E-state index < -0.39 is 0 Å². The fourth-order valence-electron chi connectivity index (χ4n) is 2.79. The van der Waals surface area contributed by atoms with Crippen LogP contribution in [0, 0.1) is 13.8 Å². The number of halogens is 1. The molecule has 0 fully saturated rings. The molecule has 0 saturated carbocycles. The first-order valence-electron chi connectivity index (χ1n) is 7.88. The van der Waals surface area contributed by atoms with Crippen LogP contribution in [0.2, 0.25) is 5.02 Å². The van der Waals surface area contributed by atoms with Gasteiger partial charge in [-0.15, -0.1) is 5.10 Å². The minimum absolute atomic E-state index is 0.0726. The highest BCUT2D eigenvalue weighted by molar-refractivity contribution is 7.99. The molecule has 3 aromatic rings. The zero-order valence-electron chi connectivity index (χ0n) is 14.2. The zero-order chi connectivity index (χ0) is 18.0. The van der Waals surface area contributed by atoms with E-state index in [0.717, 1.165) is 29.2 Å². The molecular weight excluding hydrogens is 358 g/mol. The number of tetrazole rings is 1. The first-order valence-corrected chi connectivity index (χ1v) is 9.24. The second-order valence-corrected chi connectivity index (χ2v) is 6.97. The Morgan fingerprint density at radius 2 is 1.96 bits per heavy atom. The van der Waals surface area contributed by atoms with Crippen LogP contribution in [0.5, 0.6) is 0 Å². The molecule has 25 heavy (non-hydrogen) atoms. The molecule has 1 aromatic carbocycles. The number of hydrogen-bond acceptors (Lipinski definition) is 5. The third kappa shape index (κ3) is 3.62. The highest BCUT2D eigenvalue weighted by atomic mass is 35.5. The van der Waals surface area contributed by atoms with E-state index in [9.17, 15) is 4.79 Å². The van der Waals surface area contributed by atoms with Crippen molar-refractivity contribution >= 4 is 29.1 Å².